The van der Waals surface area contributed by atoms with Gasteiger partial charge in [-0.25, -0.2) is 4.79 Å². The summed E-state index contributed by atoms with van der Waals surface area (Å²) < 4.78 is 10.7. The number of carbonyl (C=O) groups excluding carboxylic acids is 2. The van der Waals surface area contributed by atoms with E-state index in [-0.39, 0.29) is 17.1 Å². The van der Waals surface area contributed by atoms with Crippen molar-refractivity contribution >= 4 is 34.4 Å². The highest BCUT2D eigenvalue weighted by atomic mass is 35.5. The van der Waals surface area contributed by atoms with Gasteiger partial charge in [-0.2, -0.15) is 0 Å². The van der Waals surface area contributed by atoms with E-state index < -0.39 is 12.0 Å². The lowest BCUT2D eigenvalue weighted by Gasteiger charge is -2.25. The Kier molecular flexibility index (Phi) is 6.04. The topological polar surface area (TPSA) is 80.1 Å². The first-order valence-corrected chi connectivity index (χ1v) is 10.6. The minimum Gasteiger partial charge on any atom is -0.465 e. The van der Waals surface area contributed by atoms with Gasteiger partial charge in [0, 0.05) is 11.6 Å². The average Bonchev–Trinajstić information content (AvgIpc) is 3.06. The number of halogens is 1. The third-order valence-electron chi connectivity index (χ3n) is 5.58. The van der Waals surface area contributed by atoms with Crippen molar-refractivity contribution in [3.63, 3.8) is 0 Å². The average molecular weight is 455 g/mol. The van der Waals surface area contributed by atoms with Crippen molar-refractivity contribution in [1.29, 1.82) is 0 Å². The molecule has 0 fully saturated rings. The van der Waals surface area contributed by atoms with Gasteiger partial charge in [-0.05, 0) is 63.0 Å². The van der Waals surface area contributed by atoms with Crippen LogP contribution in [0.15, 0.2) is 51.7 Å². The molecule has 8 heteroatoms. The highest BCUT2D eigenvalue weighted by molar-refractivity contribution is 6.31. The van der Waals surface area contributed by atoms with Crippen LogP contribution in [0.5, 0.6) is 0 Å². The van der Waals surface area contributed by atoms with Crippen LogP contribution >= 0.6 is 11.6 Å². The van der Waals surface area contributed by atoms with Crippen molar-refractivity contribution in [3.05, 3.63) is 80.2 Å². The molecule has 1 atom stereocenters. The van der Waals surface area contributed by atoms with Crippen LogP contribution < -0.4 is 5.43 Å². The van der Waals surface area contributed by atoms with Crippen LogP contribution in [0.4, 0.5) is 0 Å². The molecule has 4 rings (SSSR count). The zero-order valence-electron chi connectivity index (χ0n) is 18.1. The molecule has 1 aliphatic heterocycles. The summed E-state index contributed by atoms with van der Waals surface area (Å²) >= 11 is 6.10. The summed E-state index contributed by atoms with van der Waals surface area (Å²) in [5, 5.41) is 0.742. The lowest BCUT2D eigenvalue weighted by Crippen LogP contribution is -2.32. The second-order valence-electron chi connectivity index (χ2n) is 7.99. The number of nitrogens with zero attached hydrogens (tertiary/aromatic N) is 2. The summed E-state index contributed by atoms with van der Waals surface area (Å²) in [6.45, 7) is 1.23. The van der Waals surface area contributed by atoms with E-state index >= 15 is 0 Å². The van der Waals surface area contributed by atoms with Crippen LogP contribution in [-0.2, 0) is 4.74 Å². The molecule has 0 N–H and O–H groups in total. The number of benzene rings is 2. The maximum Gasteiger partial charge on any atom is 0.337 e. The fourth-order valence-corrected chi connectivity index (χ4v) is 4.22. The van der Waals surface area contributed by atoms with Crippen LogP contribution in [-0.4, -0.2) is 56.0 Å². The summed E-state index contributed by atoms with van der Waals surface area (Å²) in [5.74, 6) is -0.728. The van der Waals surface area contributed by atoms with E-state index in [1.165, 1.54) is 7.11 Å². The maximum absolute atomic E-state index is 13.5. The van der Waals surface area contributed by atoms with Gasteiger partial charge in [0.1, 0.15) is 5.58 Å². The smallest absolute Gasteiger partial charge is 0.337 e. The molecule has 0 aliphatic carbocycles. The largest absolute Gasteiger partial charge is 0.465 e. The first kappa shape index (κ1) is 22.0. The number of methoxy groups -OCH3 is 1. The lowest BCUT2D eigenvalue weighted by atomic mass is 9.97. The van der Waals surface area contributed by atoms with Crippen molar-refractivity contribution in [2.24, 2.45) is 0 Å². The van der Waals surface area contributed by atoms with E-state index in [2.05, 4.69) is 0 Å². The van der Waals surface area contributed by atoms with Gasteiger partial charge in [0.25, 0.3) is 5.91 Å². The molecule has 2 aromatic carbocycles. The standard InChI is InChI=1S/C24H23ClN2O5/c1-26(2)11-4-12-27-20(14-5-7-15(8-6-14)24(30)31-3)19-21(28)17-13-16(25)9-10-18(17)32-22(19)23(27)29/h5-10,13,20H,4,11-12H2,1-3H3/t20-/m0/s1. The molecule has 1 aromatic heterocycles. The molecule has 0 bridgehead atoms. The quantitative estimate of drug-likeness (QED) is 0.528. The van der Waals surface area contributed by atoms with Gasteiger partial charge in [-0.1, -0.05) is 23.7 Å². The number of hydrogen-bond donors (Lipinski definition) is 0. The SMILES string of the molecule is COC(=O)c1ccc([C@H]2c3c(oc4ccc(Cl)cc4c3=O)C(=O)N2CCCN(C)C)cc1. The number of fused-ring (bicyclic) bond motifs is 2. The van der Waals surface area contributed by atoms with Gasteiger partial charge >= 0.3 is 5.97 Å². The van der Waals surface area contributed by atoms with Gasteiger partial charge in [-0.3, -0.25) is 9.59 Å². The fourth-order valence-electron chi connectivity index (χ4n) is 4.05. The summed E-state index contributed by atoms with van der Waals surface area (Å²) in [5.41, 5.74) is 1.43. The van der Waals surface area contributed by atoms with E-state index in [4.69, 9.17) is 20.8 Å². The monoisotopic (exact) mass is 454 g/mol. The summed E-state index contributed by atoms with van der Waals surface area (Å²) in [7, 11) is 5.24. The second-order valence-corrected chi connectivity index (χ2v) is 8.42. The number of amides is 1. The minimum atomic E-state index is -0.619. The molecule has 7 nitrogen and oxygen atoms in total. The van der Waals surface area contributed by atoms with Crippen LogP contribution in [0.2, 0.25) is 5.02 Å². The minimum absolute atomic E-state index is 0.0525. The van der Waals surface area contributed by atoms with E-state index in [1.807, 2.05) is 19.0 Å². The Morgan fingerprint density at radius 3 is 2.53 bits per heavy atom. The van der Waals surface area contributed by atoms with Crippen LogP contribution in [0, 0.1) is 0 Å². The third kappa shape index (κ3) is 3.89. The van der Waals surface area contributed by atoms with Crippen molar-refractivity contribution in [3.8, 4) is 0 Å². The molecule has 2 heterocycles. The summed E-state index contributed by atoms with van der Waals surface area (Å²) in [6.07, 6.45) is 0.725. The molecule has 32 heavy (non-hydrogen) atoms. The Bertz CT molecular complexity index is 1250. The number of esters is 1. The molecular formula is C24H23ClN2O5. The highest BCUT2D eigenvalue weighted by Gasteiger charge is 2.42. The van der Waals surface area contributed by atoms with Gasteiger partial charge < -0.3 is 19.0 Å². The van der Waals surface area contributed by atoms with Crippen molar-refractivity contribution in [1.82, 2.24) is 9.80 Å². The highest BCUT2D eigenvalue weighted by Crippen LogP contribution is 2.38. The Balaban J connectivity index is 1.85. The molecule has 0 spiro atoms. The molecule has 3 aromatic rings. The number of carbonyl (C=O) groups is 2. The predicted molar refractivity (Wildman–Crippen MR) is 121 cm³/mol. The first-order valence-electron chi connectivity index (χ1n) is 10.2. The van der Waals surface area contributed by atoms with E-state index in [0.29, 0.717) is 39.2 Å². The Hall–Kier alpha value is -3.16. The zero-order chi connectivity index (χ0) is 23.0. The normalized spacial score (nSPS) is 15.5. The van der Waals surface area contributed by atoms with Gasteiger partial charge in [0.15, 0.2) is 5.43 Å². The van der Waals surface area contributed by atoms with Crippen molar-refractivity contribution in [2.75, 3.05) is 34.3 Å². The predicted octanol–water partition coefficient (Wildman–Crippen LogP) is 3.73. The number of hydrogen-bond acceptors (Lipinski definition) is 6. The lowest BCUT2D eigenvalue weighted by molar-refractivity contribution is 0.0600. The molecule has 0 radical (unpaired) electrons. The van der Waals surface area contributed by atoms with Gasteiger partial charge in [-0.15, -0.1) is 0 Å². The van der Waals surface area contributed by atoms with Crippen LogP contribution in [0.25, 0.3) is 11.0 Å². The Labute approximate surface area is 190 Å². The molecule has 1 amide bonds. The molecule has 0 unspecified atom stereocenters. The summed E-state index contributed by atoms with van der Waals surface area (Å²) in [4.78, 5) is 42.3. The first-order chi connectivity index (χ1) is 15.3. The molecule has 166 valence electrons. The van der Waals surface area contributed by atoms with Gasteiger partial charge in [0.2, 0.25) is 5.76 Å². The van der Waals surface area contributed by atoms with Gasteiger partial charge in [0.05, 0.1) is 29.7 Å². The maximum atomic E-state index is 13.5. The van der Waals surface area contributed by atoms with Crippen molar-refractivity contribution < 1.29 is 18.7 Å². The number of ether oxygens (including phenoxy) is 1. The molecule has 1 aliphatic rings. The number of rotatable bonds is 6. The Morgan fingerprint density at radius 1 is 1.16 bits per heavy atom. The van der Waals surface area contributed by atoms with Crippen molar-refractivity contribution in [2.45, 2.75) is 12.5 Å². The van der Waals surface area contributed by atoms with Crippen LogP contribution in [0.1, 0.15) is 44.5 Å². The van der Waals surface area contributed by atoms with E-state index in [9.17, 15) is 14.4 Å². The second kappa shape index (κ2) is 8.76. The Morgan fingerprint density at radius 2 is 1.88 bits per heavy atom. The van der Waals surface area contributed by atoms with E-state index in [0.717, 1.165) is 13.0 Å². The molecule has 0 saturated carbocycles. The molecule has 0 saturated heterocycles. The van der Waals surface area contributed by atoms with Crippen LogP contribution in [0.3, 0.4) is 0 Å². The zero-order valence-corrected chi connectivity index (χ0v) is 18.8. The third-order valence-corrected chi connectivity index (χ3v) is 5.81. The molecular weight excluding hydrogens is 432 g/mol. The summed E-state index contributed by atoms with van der Waals surface area (Å²) in [6, 6.07) is 10.9. The van der Waals surface area contributed by atoms with E-state index in [1.54, 1.807) is 47.4 Å². The fraction of sp³-hybridized carbons (Fsp3) is 0.292.